The molecule has 0 radical (unpaired) electrons. The number of methoxy groups -OCH3 is 1. The number of ether oxygens (including phenoxy) is 2. The minimum absolute atomic E-state index is 0.266. The van der Waals surface area contributed by atoms with Crippen LogP contribution in [0.1, 0.15) is 18.5 Å². The number of likely N-dealkylation sites (tertiary alicyclic amines) is 1. The van der Waals surface area contributed by atoms with E-state index < -0.39 is 0 Å². The molecule has 22 heavy (non-hydrogen) atoms. The molecule has 0 amide bonds. The van der Waals surface area contributed by atoms with Crippen LogP contribution in [0.3, 0.4) is 0 Å². The summed E-state index contributed by atoms with van der Waals surface area (Å²) in [5, 5.41) is 7.13. The molecule has 6 heteroatoms. The molecule has 3 rings (SSSR count). The molecule has 1 aromatic heterocycles. The maximum Gasteiger partial charge on any atom is 0.0593 e. The Morgan fingerprint density at radius 3 is 3.09 bits per heavy atom. The van der Waals surface area contributed by atoms with Gasteiger partial charge in [0.2, 0.25) is 0 Å². The molecule has 2 aliphatic heterocycles. The summed E-state index contributed by atoms with van der Waals surface area (Å²) in [6.07, 6.45) is 4.34. The van der Waals surface area contributed by atoms with E-state index >= 15 is 0 Å². The normalized spacial score (nSPS) is 28.0. The van der Waals surface area contributed by atoms with Gasteiger partial charge in [-0.1, -0.05) is 0 Å². The predicted octanol–water partition coefficient (Wildman–Crippen LogP) is 0.970. The predicted molar refractivity (Wildman–Crippen MR) is 84.7 cm³/mol. The lowest BCUT2D eigenvalue weighted by atomic mass is 9.80. The van der Waals surface area contributed by atoms with Gasteiger partial charge in [0.25, 0.3) is 0 Å². The number of H-pyrrole nitrogens is 1. The van der Waals surface area contributed by atoms with E-state index in [-0.39, 0.29) is 5.41 Å². The molecule has 3 heterocycles. The Hall–Kier alpha value is -0.950. The summed E-state index contributed by atoms with van der Waals surface area (Å²) in [6, 6.07) is 2.07. The zero-order valence-electron chi connectivity index (χ0n) is 13.6. The zero-order valence-corrected chi connectivity index (χ0v) is 13.6. The van der Waals surface area contributed by atoms with Crippen molar-refractivity contribution in [2.75, 3.05) is 59.7 Å². The SMILES string of the molecule is COCCN1CCOCC2(CCCN(Cc3ccn[nH]3)C2)C1. The third kappa shape index (κ3) is 4.07. The fourth-order valence-electron chi connectivity index (χ4n) is 3.80. The van der Waals surface area contributed by atoms with Crippen molar-refractivity contribution in [2.45, 2.75) is 19.4 Å². The van der Waals surface area contributed by atoms with Crippen molar-refractivity contribution < 1.29 is 9.47 Å². The summed E-state index contributed by atoms with van der Waals surface area (Å²) < 4.78 is 11.2. The number of hydrogen-bond acceptors (Lipinski definition) is 5. The highest BCUT2D eigenvalue weighted by molar-refractivity contribution is 4.99. The second-order valence-electron chi connectivity index (χ2n) is 6.72. The molecule has 1 spiro atoms. The van der Waals surface area contributed by atoms with Crippen LogP contribution in [-0.4, -0.2) is 79.7 Å². The van der Waals surface area contributed by atoms with Gasteiger partial charge in [-0.05, 0) is 25.5 Å². The summed E-state index contributed by atoms with van der Waals surface area (Å²) in [7, 11) is 1.77. The maximum absolute atomic E-state index is 5.95. The van der Waals surface area contributed by atoms with E-state index in [1.54, 1.807) is 7.11 Å². The van der Waals surface area contributed by atoms with Gasteiger partial charge in [0.15, 0.2) is 0 Å². The first kappa shape index (κ1) is 15.9. The van der Waals surface area contributed by atoms with Gasteiger partial charge in [0.05, 0.1) is 19.8 Å². The van der Waals surface area contributed by atoms with Gasteiger partial charge >= 0.3 is 0 Å². The highest BCUT2D eigenvalue weighted by atomic mass is 16.5. The molecule has 2 aliphatic rings. The van der Waals surface area contributed by atoms with Crippen LogP contribution in [0, 0.1) is 5.41 Å². The number of nitrogens with one attached hydrogen (secondary N) is 1. The van der Waals surface area contributed by atoms with Gasteiger partial charge in [-0.25, -0.2) is 0 Å². The van der Waals surface area contributed by atoms with E-state index in [0.717, 1.165) is 52.5 Å². The molecule has 0 saturated carbocycles. The van der Waals surface area contributed by atoms with E-state index in [1.165, 1.54) is 25.1 Å². The second-order valence-corrected chi connectivity index (χ2v) is 6.72. The average Bonchev–Trinajstić information content (AvgIpc) is 2.94. The number of aromatic nitrogens is 2. The molecule has 1 aromatic rings. The topological polar surface area (TPSA) is 53.6 Å². The minimum atomic E-state index is 0.266. The summed E-state index contributed by atoms with van der Waals surface area (Å²) in [6.45, 7) is 8.90. The molecule has 1 atom stereocenters. The van der Waals surface area contributed by atoms with Gasteiger partial charge < -0.3 is 9.47 Å². The van der Waals surface area contributed by atoms with Crippen LogP contribution in [0.15, 0.2) is 12.3 Å². The molecule has 6 nitrogen and oxygen atoms in total. The molecule has 1 unspecified atom stereocenters. The third-order valence-corrected chi connectivity index (χ3v) is 4.82. The van der Waals surface area contributed by atoms with E-state index in [9.17, 15) is 0 Å². The van der Waals surface area contributed by atoms with Crippen molar-refractivity contribution in [2.24, 2.45) is 5.41 Å². The Balaban J connectivity index is 1.62. The summed E-state index contributed by atoms with van der Waals surface area (Å²) in [5.41, 5.74) is 1.46. The third-order valence-electron chi connectivity index (χ3n) is 4.82. The average molecular weight is 308 g/mol. The second kappa shape index (κ2) is 7.55. The van der Waals surface area contributed by atoms with Crippen LogP contribution in [0.2, 0.25) is 0 Å². The largest absolute Gasteiger partial charge is 0.383 e. The van der Waals surface area contributed by atoms with Crippen LogP contribution in [-0.2, 0) is 16.0 Å². The summed E-state index contributed by atoms with van der Waals surface area (Å²) in [5.74, 6) is 0. The first-order valence-electron chi connectivity index (χ1n) is 8.29. The number of rotatable bonds is 5. The van der Waals surface area contributed by atoms with Crippen molar-refractivity contribution in [1.82, 2.24) is 20.0 Å². The van der Waals surface area contributed by atoms with Crippen molar-refractivity contribution in [1.29, 1.82) is 0 Å². The van der Waals surface area contributed by atoms with Crippen molar-refractivity contribution in [3.8, 4) is 0 Å². The standard InChI is InChI=1S/C16H28N4O2/c1-21-9-7-19-8-10-22-14-16(12-19)4-2-6-20(13-16)11-15-3-5-17-18-15/h3,5H,2,4,6-14H2,1H3,(H,17,18). The van der Waals surface area contributed by atoms with Crippen molar-refractivity contribution >= 4 is 0 Å². The zero-order chi connectivity index (χ0) is 15.3. The van der Waals surface area contributed by atoms with Gasteiger partial charge in [0, 0.05) is 57.1 Å². The maximum atomic E-state index is 5.95. The van der Waals surface area contributed by atoms with E-state index in [2.05, 4.69) is 26.1 Å². The molecule has 2 fully saturated rings. The van der Waals surface area contributed by atoms with E-state index in [4.69, 9.17) is 9.47 Å². The van der Waals surface area contributed by atoms with Gasteiger partial charge in [-0.2, -0.15) is 5.10 Å². The smallest absolute Gasteiger partial charge is 0.0593 e. The Bertz CT molecular complexity index is 439. The Labute approximate surface area is 132 Å². The van der Waals surface area contributed by atoms with E-state index in [0.29, 0.717) is 0 Å². The quantitative estimate of drug-likeness (QED) is 0.878. The van der Waals surface area contributed by atoms with Crippen LogP contribution in [0.25, 0.3) is 0 Å². The fraction of sp³-hybridized carbons (Fsp3) is 0.812. The lowest BCUT2D eigenvalue weighted by Gasteiger charge is -2.43. The Morgan fingerprint density at radius 2 is 2.27 bits per heavy atom. The fourth-order valence-corrected chi connectivity index (χ4v) is 3.80. The molecule has 124 valence electrons. The molecule has 0 aromatic carbocycles. The highest BCUT2D eigenvalue weighted by Gasteiger charge is 2.38. The molecular formula is C16H28N4O2. The molecule has 2 saturated heterocycles. The lowest BCUT2D eigenvalue weighted by Crippen LogP contribution is -2.50. The molecule has 0 bridgehead atoms. The molecule has 1 N–H and O–H groups in total. The van der Waals surface area contributed by atoms with Gasteiger partial charge in [-0.3, -0.25) is 14.9 Å². The number of nitrogens with zero attached hydrogens (tertiary/aromatic N) is 3. The van der Waals surface area contributed by atoms with Crippen LogP contribution in [0.4, 0.5) is 0 Å². The summed E-state index contributed by atoms with van der Waals surface area (Å²) in [4.78, 5) is 5.05. The van der Waals surface area contributed by atoms with Crippen LogP contribution < -0.4 is 0 Å². The lowest BCUT2D eigenvalue weighted by molar-refractivity contribution is 0.00128. The number of aromatic amines is 1. The molecule has 0 aliphatic carbocycles. The van der Waals surface area contributed by atoms with Crippen molar-refractivity contribution in [3.05, 3.63) is 18.0 Å². The molecular weight excluding hydrogens is 280 g/mol. The first-order chi connectivity index (χ1) is 10.8. The number of piperidine rings is 1. The highest BCUT2D eigenvalue weighted by Crippen LogP contribution is 2.33. The Kier molecular flexibility index (Phi) is 5.46. The van der Waals surface area contributed by atoms with Crippen molar-refractivity contribution in [3.63, 3.8) is 0 Å². The van der Waals surface area contributed by atoms with Gasteiger partial charge in [0.1, 0.15) is 0 Å². The Morgan fingerprint density at radius 1 is 1.36 bits per heavy atom. The summed E-state index contributed by atoms with van der Waals surface area (Å²) >= 11 is 0. The van der Waals surface area contributed by atoms with E-state index in [1.807, 2.05) is 6.20 Å². The minimum Gasteiger partial charge on any atom is -0.383 e. The number of hydrogen-bond donors (Lipinski definition) is 1. The van der Waals surface area contributed by atoms with Crippen LogP contribution >= 0.6 is 0 Å². The monoisotopic (exact) mass is 308 g/mol. The van der Waals surface area contributed by atoms with Crippen LogP contribution in [0.5, 0.6) is 0 Å². The van der Waals surface area contributed by atoms with Gasteiger partial charge in [-0.15, -0.1) is 0 Å². The first-order valence-corrected chi connectivity index (χ1v) is 8.29.